The topological polar surface area (TPSA) is 42.0 Å². The van der Waals surface area contributed by atoms with Gasteiger partial charge in [-0.05, 0) is 0 Å². The lowest BCUT2D eigenvalue weighted by Crippen LogP contribution is -2.22. The van der Waals surface area contributed by atoms with Crippen LogP contribution in [0.15, 0.2) is 0 Å². The van der Waals surface area contributed by atoms with Crippen molar-refractivity contribution in [2.24, 2.45) is 0 Å². The maximum atomic E-state index is 11.0. The highest BCUT2D eigenvalue weighted by atomic mass is 32.1. The summed E-state index contributed by atoms with van der Waals surface area (Å²) in [6, 6.07) is 0. The average molecular weight is 182 g/mol. The van der Waals surface area contributed by atoms with Crippen LogP contribution in [-0.2, 0) is 13.0 Å². The first-order valence-electron chi connectivity index (χ1n) is 3.97. The van der Waals surface area contributed by atoms with Gasteiger partial charge >= 0.3 is 0 Å². The molecule has 0 saturated heterocycles. The molecule has 2 rings (SSSR count). The molecule has 0 atom stereocenters. The Morgan fingerprint density at radius 1 is 1.67 bits per heavy atom. The van der Waals surface area contributed by atoms with Crippen LogP contribution in [0.2, 0.25) is 0 Å². The Morgan fingerprint density at radius 2 is 2.50 bits per heavy atom. The summed E-state index contributed by atoms with van der Waals surface area (Å²) in [5.41, 5.74) is 1.11. The van der Waals surface area contributed by atoms with Gasteiger partial charge in [0.1, 0.15) is 0 Å². The smallest absolute Gasteiger partial charge is 0.188 e. The van der Waals surface area contributed by atoms with Crippen LogP contribution in [0.1, 0.15) is 27.3 Å². The third-order valence-electron chi connectivity index (χ3n) is 1.90. The molecular weight excluding hydrogens is 172 g/mol. The second kappa shape index (κ2) is 2.95. The molecule has 0 radical (unpaired) electrons. The van der Waals surface area contributed by atoms with Crippen LogP contribution in [0.25, 0.3) is 0 Å². The number of Topliss-reactive ketones (excluding diaryl/α,β-unsaturated/α-hetero) is 1. The van der Waals surface area contributed by atoms with Crippen LogP contribution in [-0.4, -0.2) is 17.3 Å². The van der Waals surface area contributed by atoms with Crippen LogP contribution in [0.5, 0.6) is 0 Å². The van der Waals surface area contributed by atoms with Crippen molar-refractivity contribution in [1.29, 1.82) is 0 Å². The van der Waals surface area contributed by atoms with Gasteiger partial charge in [-0.25, -0.2) is 4.98 Å². The van der Waals surface area contributed by atoms with Crippen molar-refractivity contribution in [1.82, 2.24) is 10.3 Å². The minimum atomic E-state index is 0.0781. The van der Waals surface area contributed by atoms with Crippen LogP contribution in [0, 0.1) is 0 Å². The molecule has 0 saturated carbocycles. The SMILES string of the molecule is CC(=O)c1nc2c(s1)CNCC2. The molecule has 0 fully saturated rings. The molecule has 0 aromatic carbocycles. The maximum absolute atomic E-state index is 11.0. The van der Waals surface area contributed by atoms with Crippen molar-refractivity contribution in [3.63, 3.8) is 0 Å². The number of nitrogens with one attached hydrogen (secondary N) is 1. The maximum Gasteiger partial charge on any atom is 0.188 e. The summed E-state index contributed by atoms with van der Waals surface area (Å²) < 4.78 is 0. The summed E-state index contributed by atoms with van der Waals surface area (Å²) in [5, 5.41) is 3.91. The lowest BCUT2D eigenvalue weighted by atomic mass is 10.2. The highest BCUT2D eigenvalue weighted by Crippen LogP contribution is 2.21. The summed E-state index contributed by atoms with van der Waals surface area (Å²) in [5.74, 6) is 0.0781. The molecule has 1 aromatic heterocycles. The summed E-state index contributed by atoms with van der Waals surface area (Å²) in [6.07, 6.45) is 0.957. The first-order chi connectivity index (χ1) is 5.77. The third-order valence-corrected chi connectivity index (χ3v) is 3.10. The molecule has 0 spiro atoms. The van der Waals surface area contributed by atoms with E-state index in [1.165, 1.54) is 16.2 Å². The van der Waals surface area contributed by atoms with E-state index in [4.69, 9.17) is 0 Å². The molecule has 0 amide bonds. The molecule has 1 aromatic rings. The van der Waals surface area contributed by atoms with E-state index < -0.39 is 0 Å². The molecule has 1 aliphatic heterocycles. The van der Waals surface area contributed by atoms with Crippen molar-refractivity contribution in [2.45, 2.75) is 19.9 Å². The normalized spacial score (nSPS) is 15.8. The molecule has 3 nitrogen and oxygen atoms in total. The Labute approximate surface area is 74.8 Å². The number of ketones is 1. The predicted molar refractivity (Wildman–Crippen MR) is 47.5 cm³/mol. The molecule has 4 heteroatoms. The van der Waals surface area contributed by atoms with Gasteiger partial charge in [-0.1, -0.05) is 0 Å². The molecule has 0 bridgehead atoms. The van der Waals surface area contributed by atoms with Gasteiger partial charge in [0, 0.05) is 31.3 Å². The fourth-order valence-corrected chi connectivity index (χ4v) is 2.25. The van der Waals surface area contributed by atoms with Crippen molar-refractivity contribution >= 4 is 17.1 Å². The lowest BCUT2D eigenvalue weighted by Gasteiger charge is -2.09. The second-order valence-electron chi connectivity index (χ2n) is 2.87. The summed E-state index contributed by atoms with van der Waals surface area (Å²) in [7, 11) is 0. The minimum Gasteiger partial charge on any atom is -0.311 e. The van der Waals surface area contributed by atoms with E-state index in [2.05, 4.69) is 10.3 Å². The number of hydrogen-bond donors (Lipinski definition) is 1. The Kier molecular flexibility index (Phi) is 1.94. The van der Waals surface area contributed by atoms with Gasteiger partial charge in [0.25, 0.3) is 0 Å². The van der Waals surface area contributed by atoms with Crippen molar-refractivity contribution in [3.05, 3.63) is 15.6 Å². The number of carbonyl (C=O) groups excluding carboxylic acids is 1. The number of thiazole rings is 1. The lowest BCUT2D eigenvalue weighted by molar-refractivity contribution is 0.101. The highest BCUT2D eigenvalue weighted by Gasteiger charge is 2.16. The third kappa shape index (κ3) is 1.28. The van der Waals surface area contributed by atoms with E-state index in [-0.39, 0.29) is 5.78 Å². The fraction of sp³-hybridized carbons (Fsp3) is 0.500. The summed E-state index contributed by atoms with van der Waals surface area (Å²) in [4.78, 5) is 16.5. The van der Waals surface area contributed by atoms with Gasteiger partial charge in [0.05, 0.1) is 5.69 Å². The highest BCUT2D eigenvalue weighted by molar-refractivity contribution is 7.13. The van der Waals surface area contributed by atoms with Gasteiger partial charge in [0.15, 0.2) is 10.8 Å². The van der Waals surface area contributed by atoms with Gasteiger partial charge in [-0.15, -0.1) is 11.3 Å². The quantitative estimate of drug-likeness (QED) is 0.659. The number of rotatable bonds is 1. The zero-order chi connectivity index (χ0) is 8.55. The summed E-state index contributed by atoms with van der Waals surface area (Å²) >= 11 is 1.52. The van der Waals surface area contributed by atoms with Crippen LogP contribution in [0.3, 0.4) is 0 Å². The van der Waals surface area contributed by atoms with Crippen LogP contribution in [0.4, 0.5) is 0 Å². The fourth-order valence-electron chi connectivity index (χ4n) is 1.28. The number of nitrogens with zero attached hydrogens (tertiary/aromatic N) is 1. The van der Waals surface area contributed by atoms with Crippen molar-refractivity contribution < 1.29 is 4.79 Å². The average Bonchev–Trinajstić information content (AvgIpc) is 2.46. The number of aromatic nitrogens is 1. The summed E-state index contributed by atoms with van der Waals surface area (Å²) in [6.45, 7) is 3.42. The molecule has 2 heterocycles. The molecule has 0 unspecified atom stereocenters. The van der Waals surface area contributed by atoms with Gasteiger partial charge in [-0.2, -0.15) is 0 Å². The van der Waals surface area contributed by atoms with Gasteiger partial charge in [-0.3, -0.25) is 4.79 Å². The van der Waals surface area contributed by atoms with E-state index >= 15 is 0 Å². The van der Waals surface area contributed by atoms with Crippen molar-refractivity contribution in [2.75, 3.05) is 6.54 Å². The first-order valence-corrected chi connectivity index (χ1v) is 4.79. The van der Waals surface area contributed by atoms with E-state index in [1.807, 2.05) is 0 Å². The number of fused-ring (bicyclic) bond motifs is 1. The Hall–Kier alpha value is -0.740. The minimum absolute atomic E-state index is 0.0781. The Morgan fingerprint density at radius 3 is 3.17 bits per heavy atom. The van der Waals surface area contributed by atoms with E-state index in [1.54, 1.807) is 6.92 Å². The molecular formula is C8H10N2OS. The predicted octanol–water partition coefficient (Wildman–Crippen LogP) is 0.991. The van der Waals surface area contributed by atoms with Crippen LogP contribution >= 0.6 is 11.3 Å². The van der Waals surface area contributed by atoms with Gasteiger partial charge < -0.3 is 5.32 Å². The monoisotopic (exact) mass is 182 g/mol. The van der Waals surface area contributed by atoms with E-state index in [9.17, 15) is 4.79 Å². The zero-order valence-electron chi connectivity index (χ0n) is 6.89. The van der Waals surface area contributed by atoms with Gasteiger partial charge in [0.2, 0.25) is 0 Å². The molecule has 0 aliphatic carbocycles. The Bertz CT molecular complexity index is 295. The number of carbonyl (C=O) groups is 1. The molecule has 1 aliphatic rings. The second-order valence-corrected chi connectivity index (χ2v) is 3.96. The zero-order valence-corrected chi connectivity index (χ0v) is 7.70. The largest absolute Gasteiger partial charge is 0.311 e. The van der Waals surface area contributed by atoms with Crippen molar-refractivity contribution in [3.8, 4) is 0 Å². The van der Waals surface area contributed by atoms with Crippen LogP contribution < -0.4 is 5.32 Å². The Balaban J connectivity index is 2.38. The van der Waals surface area contributed by atoms with E-state index in [0.29, 0.717) is 5.01 Å². The molecule has 1 N–H and O–H groups in total. The first kappa shape index (κ1) is 7.89. The molecule has 12 heavy (non-hydrogen) atoms. The van der Waals surface area contributed by atoms with E-state index in [0.717, 1.165) is 25.2 Å². The molecule has 64 valence electrons. The number of hydrogen-bond acceptors (Lipinski definition) is 4. The standard InChI is InChI=1S/C8H10N2OS/c1-5(11)8-10-6-2-3-9-4-7(6)12-8/h9H,2-4H2,1H3.